The van der Waals surface area contributed by atoms with Gasteiger partial charge in [-0.3, -0.25) is 0 Å². The summed E-state index contributed by atoms with van der Waals surface area (Å²) in [6, 6.07) is 8.33. The van der Waals surface area contributed by atoms with E-state index >= 15 is 0 Å². The smallest absolute Gasteiger partial charge is 0.319 e. The molecule has 162 valence electrons. The van der Waals surface area contributed by atoms with E-state index in [0.717, 1.165) is 57.8 Å². The molecule has 2 saturated heterocycles. The molecule has 2 aliphatic heterocycles. The van der Waals surface area contributed by atoms with Crippen LogP contribution < -0.4 is 10.6 Å². The predicted octanol–water partition coefficient (Wildman–Crippen LogP) is 2.43. The molecule has 0 spiro atoms. The predicted molar refractivity (Wildman–Crippen MR) is 124 cm³/mol. The van der Waals surface area contributed by atoms with Crippen LogP contribution in [0.25, 0.3) is 0 Å². The van der Waals surface area contributed by atoms with Crippen molar-refractivity contribution in [2.45, 2.75) is 25.8 Å². The van der Waals surface area contributed by atoms with Gasteiger partial charge in [-0.1, -0.05) is 12.1 Å². The Balaban J connectivity index is 1.33. The lowest BCUT2D eigenvalue weighted by atomic mass is 10.1. The molecule has 29 heavy (non-hydrogen) atoms. The SMILES string of the molecule is CC(CCN1CCN(C)CC1)NC(=O)Nc1ccc(CCN2CCSCC2)cc1. The van der Waals surface area contributed by atoms with Crippen LogP contribution in [0.15, 0.2) is 24.3 Å². The molecule has 2 N–H and O–H groups in total. The fraction of sp³-hybridized carbons (Fsp3) is 0.682. The van der Waals surface area contributed by atoms with E-state index in [4.69, 9.17) is 0 Å². The fourth-order valence-corrected chi connectivity index (χ4v) is 4.76. The Morgan fingerprint density at radius 3 is 2.34 bits per heavy atom. The van der Waals surface area contributed by atoms with Gasteiger partial charge in [-0.2, -0.15) is 11.8 Å². The molecule has 1 atom stereocenters. The zero-order valence-electron chi connectivity index (χ0n) is 18.0. The van der Waals surface area contributed by atoms with E-state index in [0.29, 0.717) is 0 Å². The van der Waals surface area contributed by atoms with Crippen molar-refractivity contribution in [2.75, 3.05) is 76.2 Å². The Labute approximate surface area is 180 Å². The number of carbonyl (C=O) groups is 1. The zero-order chi connectivity index (χ0) is 20.5. The lowest BCUT2D eigenvalue weighted by Crippen LogP contribution is -2.46. The van der Waals surface area contributed by atoms with E-state index in [9.17, 15) is 4.79 Å². The second-order valence-corrected chi connectivity index (χ2v) is 9.56. The Hall–Kier alpha value is -1.28. The van der Waals surface area contributed by atoms with Crippen LogP contribution in [-0.2, 0) is 6.42 Å². The Kier molecular flexibility index (Phi) is 9.11. The van der Waals surface area contributed by atoms with Crippen molar-refractivity contribution in [3.8, 4) is 0 Å². The standard InChI is InChI=1S/C22H37N5OS/c1-19(7-9-26-13-11-25(2)12-14-26)23-22(28)24-21-5-3-20(4-6-21)8-10-27-15-17-29-18-16-27/h3-6,19H,7-18H2,1-2H3,(H2,23,24,28). The van der Waals surface area contributed by atoms with Gasteiger partial charge in [-0.05, 0) is 44.5 Å². The quantitative estimate of drug-likeness (QED) is 0.678. The normalized spacial score (nSPS) is 20.3. The molecule has 0 radical (unpaired) electrons. The van der Waals surface area contributed by atoms with Gasteiger partial charge < -0.3 is 25.3 Å². The minimum atomic E-state index is -0.116. The van der Waals surface area contributed by atoms with Crippen LogP contribution >= 0.6 is 11.8 Å². The van der Waals surface area contributed by atoms with E-state index in [1.54, 1.807) is 0 Å². The Morgan fingerprint density at radius 2 is 1.66 bits per heavy atom. The lowest BCUT2D eigenvalue weighted by molar-refractivity contribution is 0.150. The van der Waals surface area contributed by atoms with E-state index in [2.05, 4.69) is 63.2 Å². The molecule has 2 aliphatic rings. The highest BCUT2D eigenvalue weighted by Crippen LogP contribution is 2.13. The van der Waals surface area contributed by atoms with Gasteiger partial charge in [0.1, 0.15) is 0 Å². The van der Waals surface area contributed by atoms with Gasteiger partial charge in [0.05, 0.1) is 0 Å². The van der Waals surface area contributed by atoms with Crippen LogP contribution in [0.2, 0.25) is 0 Å². The van der Waals surface area contributed by atoms with Gasteiger partial charge in [0, 0.05) is 75.6 Å². The molecular formula is C22H37N5OS. The monoisotopic (exact) mass is 419 g/mol. The number of rotatable bonds is 8. The second kappa shape index (κ2) is 11.8. The van der Waals surface area contributed by atoms with Crippen LogP contribution in [0.4, 0.5) is 10.5 Å². The maximum atomic E-state index is 12.3. The Morgan fingerprint density at radius 1 is 1.00 bits per heavy atom. The van der Waals surface area contributed by atoms with Gasteiger partial charge in [-0.15, -0.1) is 0 Å². The number of nitrogens with one attached hydrogen (secondary N) is 2. The van der Waals surface area contributed by atoms with E-state index in [-0.39, 0.29) is 12.1 Å². The highest BCUT2D eigenvalue weighted by atomic mass is 32.2. The van der Waals surface area contributed by atoms with Crippen molar-refractivity contribution in [3.63, 3.8) is 0 Å². The van der Waals surface area contributed by atoms with Crippen molar-refractivity contribution in [1.82, 2.24) is 20.0 Å². The second-order valence-electron chi connectivity index (χ2n) is 8.33. The molecule has 1 aromatic rings. The third-order valence-corrected chi connectivity index (χ3v) is 6.83. The molecule has 2 amide bonds. The third kappa shape index (κ3) is 8.16. The highest BCUT2D eigenvalue weighted by Gasteiger charge is 2.15. The molecule has 1 aromatic carbocycles. The number of amides is 2. The van der Waals surface area contributed by atoms with Gasteiger partial charge in [-0.25, -0.2) is 4.79 Å². The number of hydrogen-bond donors (Lipinski definition) is 2. The molecule has 3 rings (SSSR count). The van der Waals surface area contributed by atoms with E-state index in [1.165, 1.54) is 30.2 Å². The molecular weight excluding hydrogens is 382 g/mol. The molecule has 0 aromatic heterocycles. The third-order valence-electron chi connectivity index (χ3n) is 5.88. The molecule has 0 aliphatic carbocycles. The summed E-state index contributed by atoms with van der Waals surface area (Å²) in [6.45, 7) is 11.2. The van der Waals surface area contributed by atoms with Gasteiger partial charge in [0.15, 0.2) is 0 Å². The number of carbonyl (C=O) groups excluding carboxylic acids is 1. The molecule has 1 unspecified atom stereocenters. The number of nitrogens with zero attached hydrogens (tertiary/aromatic N) is 3. The van der Waals surface area contributed by atoms with Crippen LogP contribution in [0.1, 0.15) is 18.9 Å². The molecule has 6 nitrogen and oxygen atoms in total. The van der Waals surface area contributed by atoms with Crippen LogP contribution in [0.5, 0.6) is 0 Å². The molecule has 2 heterocycles. The molecule has 0 saturated carbocycles. The maximum absolute atomic E-state index is 12.3. The topological polar surface area (TPSA) is 50.9 Å². The first-order valence-electron chi connectivity index (χ1n) is 11.0. The van der Waals surface area contributed by atoms with Crippen LogP contribution in [0, 0.1) is 0 Å². The maximum Gasteiger partial charge on any atom is 0.319 e. The van der Waals surface area contributed by atoms with Crippen LogP contribution in [0.3, 0.4) is 0 Å². The number of hydrogen-bond acceptors (Lipinski definition) is 5. The fourth-order valence-electron chi connectivity index (χ4n) is 3.78. The van der Waals surface area contributed by atoms with Crippen molar-refractivity contribution in [3.05, 3.63) is 29.8 Å². The number of urea groups is 1. The lowest BCUT2D eigenvalue weighted by Gasteiger charge is -2.32. The largest absolute Gasteiger partial charge is 0.335 e. The summed E-state index contributed by atoms with van der Waals surface area (Å²) >= 11 is 2.05. The minimum absolute atomic E-state index is 0.116. The van der Waals surface area contributed by atoms with Crippen molar-refractivity contribution < 1.29 is 4.79 Å². The minimum Gasteiger partial charge on any atom is -0.335 e. The van der Waals surface area contributed by atoms with Crippen molar-refractivity contribution in [2.24, 2.45) is 0 Å². The van der Waals surface area contributed by atoms with E-state index in [1.807, 2.05) is 12.1 Å². The van der Waals surface area contributed by atoms with Crippen molar-refractivity contribution in [1.29, 1.82) is 0 Å². The first-order chi connectivity index (χ1) is 14.1. The number of likely N-dealkylation sites (N-methyl/N-ethyl adjacent to an activating group) is 1. The van der Waals surface area contributed by atoms with Gasteiger partial charge in [0.25, 0.3) is 0 Å². The summed E-state index contributed by atoms with van der Waals surface area (Å²) in [6.07, 6.45) is 2.05. The number of benzene rings is 1. The number of thioether (sulfide) groups is 1. The summed E-state index contributed by atoms with van der Waals surface area (Å²) in [7, 11) is 2.17. The number of anilines is 1. The summed E-state index contributed by atoms with van der Waals surface area (Å²) in [5.74, 6) is 2.51. The van der Waals surface area contributed by atoms with Gasteiger partial charge >= 0.3 is 6.03 Å². The van der Waals surface area contributed by atoms with Crippen LogP contribution in [-0.4, -0.2) is 97.7 Å². The van der Waals surface area contributed by atoms with E-state index < -0.39 is 0 Å². The number of piperazine rings is 1. The average molecular weight is 420 g/mol. The molecule has 0 bridgehead atoms. The summed E-state index contributed by atoms with van der Waals surface area (Å²) in [4.78, 5) is 19.7. The summed E-state index contributed by atoms with van der Waals surface area (Å²) < 4.78 is 0. The zero-order valence-corrected chi connectivity index (χ0v) is 18.8. The van der Waals surface area contributed by atoms with Crippen molar-refractivity contribution >= 4 is 23.5 Å². The molecule has 7 heteroatoms. The summed E-state index contributed by atoms with van der Waals surface area (Å²) in [5, 5.41) is 6.03. The van der Waals surface area contributed by atoms with Gasteiger partial charge in [0.2, 0.25) is 0 Å². The Bertz CT molecular complexity index is 612. The molecule has 2 fully saturated rings. The first kappa shape index (κ1) is 22.4. The first-order valence-corrected chi connectivity index (χ1v) is 12.1. The highest BCUT2D eigenvalue weighted by molar-refractivity contribution is 7.99. The average Bonchev–Trinajstić information content (AvgIpc) is 2.73. The summed E-state index contributed by atoms with van der Waals surface area (Å²) in [5.41, 5.74) is 2.18.